The molecule has 0 spiro atoms. The molecule has 204 valence electrons. The monoisotopic (exact) mass is 539 g/mol. The van der Waals surface area contributed by atoms with Crippen molar-refractivity contribution in [2.24, 2.45) is 0 Å². The molecule has 0 fully saturated rings. The van der Waals surface area contributed by atoms with Crippen molar-refractivity contribution in [3.05, 3.63) is 72.3 Å². The molecule has 0 aliphatic rings. The Balaban J connectivity index is 1.89. The molecule has 1 N–H and O–H groups in total. The van der Waals surface area contributed by atoms with Gasteiger partial charge in [-0.25, -0.2) is 8.42 Å². The molecule has 3 aromatic rings. The molecule has 0 aliphatic heterocycles. The third kappa shape index (κ3) is 6.90. The van der Waals surface area contributed by atoms with Gasteiger partial charge in [-0.2, -0.15) is 4.31 Å². The van der Waals surface area contributed by atoms with Gasteiger partial charge in [0.15, 0.2) is 0 Å². The molecule has 0 saturated carbocycles. The van der Waals surface area contributed by atoms with Crippen molar-refractivity contribution in [3.8, 4) is 5.75 Å². The van der Waals surface area contributed by atoms with Gasteiger partial charge in [-0.3, -0.25) is 9.59 Å². The summed E-state index contributed by atoms with van der Waals surface area (Å²) in [5.41, 5.74) is 0.771. The zero-order chi connectivity index (χ0) is 27.9. The van der Waals surface area contributed by atoms with Gasteiger partial charge >= 0.3 is 0 Å². The van der Waals surface area contributed by atoms with Crippen LogP contribution in [0.15, 0.2) is 71.6 Å². The standard InChI is InChI=1S/C29H37N3O5S/c1-6-21(3)30-29(34)27(7-2)32(19-22-11-10-14-25(17-22)37-5)28(33)20-31(4)38(35,36)26-16-15-23-12-8-9-13-24(23)18-26/h8-18,21,27H,6-7,19-20H2,1-5H3,(H,30,34)/t21-,27-/m0/s1. The zero-order valence-corrected chi connectivity index (χ0v) is 23.5. The maximum Gasteiger partial charge on any atom is 0.243 e. The summed E-state index contributed by atoms with van der Waals surface area (Å²) >= 11 is 0. The second kappa shape index (κ2) is 12.9. The highest BCUT2D eigenvalue weighted by molar-refractivity contribution is 7.89. The number of nitrogens with one attached hydrogen (secondary N) is 1. The van der Waals surface area contributed by atoms with E-state index < -0.39 is 28.5 Å². The van der Waals surface area contributed by atoms with Crippen LogP contribution < -0.4 is 10.1 Å². The largest absolute Gasteiger partial charge is 0.497 e. The molecular weight excluding hydrogens is 502 g/mol. The second-order valence-electron chi connectivity index (χ2n) is 9.39. The van der Waals surface area contributed by atoms with Gasteiger partial charge in [0, 0.05) is 19.6 Å². The first-order chi connectivity index (χ1) is 18.1. The Kier molecular flexibility index (Phi) is 9.88. The first-order valence-corrected chi connectivity index (χ1v) is 14.2. The number of likely N-dealkylation sites (N-methyl/N-ethyl adjacent to an activating group) is 1. The molecule has 0 saturated heterocycles. The highest BCUT2D eigenvalue weighted by atomic mass is 32.2. The summed E-state index contributed by atoms with van der Waals surface area (Å²) in [6.45, 7) is 5.43. The van der Waals surface area contributed by atoms with Crippen LogP contribution in [0.3, 0.4) is 0 Å². The van der Waals surface area contributed by atoms with Crippen molar-refractivity contribution >= 4 is 32.6 Å². The Morgan fingerprint density at radius 2 is 1.66 bits per heavy atom. The van der Waals surface area contributed by atoms with E-state index in [0.29, 0.717) is 12.2 Å². The lowest BCUT2D eigenvalue weighted by molar-refractivity contribution is -0.141. The van der Waals surface area contributed by atoms with Gasteiger partial charge in [0.1, 0.15) is 11.8 Å². The van der Waals surface area contributed by atoms with Gasteiger partial charge < -0.3 is 15.0 Å². The smallest absolute Gasteiger partial charge is 0.243 e. The van der Waals surface area contributed by atoms with Crippen LogP contribution in [-0.4, -0.2) is 62.2 Å². The van der Waals surface area contributed by atoms with Crippen molar-refractivity contribution in [1.29, 1.82) is 0 Å². The molecule has 8 nitrogen and oxygen atoms in total. The van der Waals surface area contributed by atoms with Gasteiger partial charge in [0.05, 0.1) is 18.6 Å². The van der Waals surface area contributed by atoms with E-state index in [4.69, 9.17) is 4.74 Å². The van der Waals surface area contributed by atoms with Crippen LogP contribution in [0.4, 0.5) is 0 Å². The summed E-state index contributed by atoms with van der Waals surface area (Å²) in [7, 11) is -1.01. The summed E-state index contributed by atoms with van der Waals surface area (Å²) in [6, 6.07) is 18.8. The van der Waals surface area contributed by atoms with E-state index in [1.165, 1.54) is 11.9 Å². The van der Waals surface area contributed by atoms with Crippen LogP contribution in [0.2, 0.25) is 0 Å². The van der Waals surface area contributed by atoms with Crippen LogP contribution in [0.5, 0.6) is 5.75 Å². The van der Waals surface area contributed by atoms with Crippen molar-refractivity contribution < 1.29 is 22.7 Å². The maximum atomic E-state index is 13.7. The fraction of sp³-hybridized carbons (Fsp3) is 0.379. The molecule has 0 aliphatic carbocycles. The summed E-state index contributed by atoms with van der Waals surface area (Å²) in [5, 5.41) is 4.68. The molecule has 9 heteroatoms. The number of methoxy groups -OCH3 is 1. The summed E-state index contributed by atoms with van der Waals surface area (Å²) in [4.78, 5) is 28.4. The highest BCUT2D eigenvalue weighted by Crippen LogP contribution is 2.22. The van der Waals surface area contributed by atoms with Crippen LogP contribution in [0.25, 0.3) is 10.8 Å². The third-order valence-electron chi connectivity index (χ3n) is 6.66. The predicted molar refractivity (Wildman–Crippen MR) is 149 cm³/mol. The molecule has 2 amide bonds. The Bertz CT molecular complexity index is 1380. The van der Waals surface area contributed by atoms with E-state index in [9.17, 15) is 18.0 Å². The van der Waals surface area contributed by atoms with Gasteiger partial charge in [-0.1, -0.05) is 56.3 Å². The van der Waals surface area contributed by atoms with Crippen LogP contribution >= 0.6 is 0 Å². The lowest BCUT2D eigenvalue weighted by Gasteiger charge is -2.32. The molecule has 3 aromatic carbocycles. The normalized spacial score (nSPS) is 13.2. The summed E-state index contributed by atoms with van der Waals surface area (Å²) in [6.07, 6.45) is 1.12. The number of carbonyl (C=O) groups is 2. The van der Waals surface area contributed by atoms with Gasteiger partial charge in [0.25, 0.3) is 0 Å². The average Bonchev–Trinajstić information content (AvgIpc) is 2.92. The lowest BCUT2D eigenvalue weighted by atomic mass is 10.1. The number of hydrogen-bond acceptors (Lipinski definition) is 5. The van der Waals surface area contributed by atoms with Gasteiger partial charge in [0.2, 0.25) is 21.8 Å². The van der Waals surface area contributed by atoms with Crippen LogP contribution in [0.1, 0.15) is 39.2 Å². The minimum atomic E-state index is -3.95. The molecular formula is C29H37N3O5S. The first-order valence-electron chi connectivity index (χ1n) is 12.8. The highest BCUT2D eigenvalue weighted by Gasteiger charge is 2.32. The average molecular weight is 540 g/mol. The van der Waals surface area contributed by atoms with Crippen molar-refractivity contribution in [1.82, 2.24) is 14.5 Å². The maximum absolute atomic E-state index is 13.7. The fourth-order valence-electron chi connectivity index (χ4n) is 4.20. The zero-order valence-electron chi connectivity index (χ0n) is 22.7. The Hall–Kier alpha value is -3.43. The Morgan fingerprint density at radius 3 is 2.32 bits per heavy atom. The van der Waals surface area contributed by atoms with Crippen molar-refractivity contribution in [3.63, 3.8) is 0 Å². The first kappa shape index (κ1) is 29.1. The number of amides is 2. The minimum absolute atomic E-state index is 0.0544. The van der Waals surface area contributed by atoms with Crippen molar-refractivity contribution in [2.45, 2.75) is 57.1 Å². The van der Waals surface area contributed by atoms with Gasteiger partial charge in [-0.05, 0) is 60.4 Å². The van der Waals surface area contributed by atoms with Crippen molar-refractivity contribution in [2.75, 3.05) is 20.7 Å². The number of sulfonamides is 1. The molecule has 3 rings (SSSR count). The van der Waals surface area contributed by atoms with E-state index in [-0.39, 0.29) is 23.4 Å². The minimum Gasteiger partial charge on any atom is -0.497 e. The van der Waals surface area contributed by atoms with E-state index >= 15 is 0 Å². The molecule has 0 bridgehead atoms. The number of nitrogens with zero attached hydrogens (tertiary/aromatic N) is 2. The molecule has 0 heterocycles. The topological polar surface area (TPSA) is 96.0 Å². The Morgan fingerprint density at radius 1 is 0.947 bits per heavy atom. The predicted octanol–water partition coefficient (Wildman–Crippen LogP) is 4.19. The van der Waals surface area contributed by atoms with Crippen LogP contribution in [-0.2, 0) is 26.2 Å². The van der Waals surface area contributed by atoms with E-state index in [0.717, 1.165) is 27.1 Å². The second-order valence-corrected chi connectivity index (χ2v) is 11.4. The quantitative estimate of drug-likeness (QED) is 0.372. The van der Waals surface area contributed by atoms with E-state index in [1.807, 2.05) is 57.2 Å². The number of ether oxygens (including phenoxy) is 1. The number of fused-ring (bicyclic) bond motifs is 1. The van der Waals surface area contributed by atoms with Gasteiger partial charge in [-0.15, -0.1) is 0 Å². The third-order valence-corrected chi connectivity index (χ3v) is 8.46. The molecule has 0 radical (unpaired) electrons. The SMILES string of the molecule is CC[C@H](C)NC(=O)[C@H](CC)N(Cc1cccc(OC)c1)C(=O)CN(C)S(=O)(=O)c1ccc2ccccc2c1. The fourth-order valence-corrected chi connectivity index (χ4v) is 5.36. The number of hydrogen-bond donors (Lipinski definition) is 1. The lowest BCUT2D eigenvalue weighted by Crippen LogP contribution is -2.53. The molecule has 0 aromatic heterocycles. The molecule has 0 unspecified atom stereocenters. The Labute approximate surface area is 225 Å². The number of rotatable bonds is 12. The molecule has 38 heavy (non-hydrogen) atoms. The van der Waals surface area contributed by atoms with E-state index in [1.54, 1.807) is 37.4 Å². The number of carbonyl (C=O) groups excluding carboxylic acids is 2. The summed E-state index contributed by atoms with van der Waals surface area (Å²) < 4.78 is 33.1. The molecule has 2 atom stereocenters. The summed E-state index contributed by atoms with van der Waals surface area (Å²) in [5.74, 6) is -0.105. The van der Waals surface area contributed by atoms with E-state index in [2.05, 4.69) is 5.32 Å². The number of benzene rings is 3. The van der Waals surface area contributed by atoms with Crippen LogP contribution in [0, 0.1) is 0 Å².